The highest BCUT2D eigenvalue weighted by Gasteiger charge is 2.05. The average molecular weight is 303 g/mol. The molecule has 0 aliphatic carbocycles. The summed E-state index contributed by atoms with van der Waals surface area (Å²) in [6.45, 7) is 1.03. The molecule has 0 spiro atoms. The second kappa shape index (κ2) is 7.40. The van der Waals surface area contributed by atoms with Crippen LogP contribution in [0.5, 0.6) is 0 Å². The lowest BCUT2D eigenvalue weighted by Crippen LogP contribution is -2.24. The second-order valence-electron chi connectivity index (χ2n) is 3.72. The molecule has 2 N–H and O–H groups in total. The Bertz CT molecular complexity index is 385. The van der Waals surface area contributed by atoms with Gasteiger partial charge in [-0.25, -0.2) is 4.39 Å². The molecule has 94 valence electrons. The van der Waals surface area contributed by atoms with Gasteiger partial charge in [-0.1, -0.05) is 15.9 Å². The predicted molar refractivity (Wildman–Crippen MR) is 69.1 cm³/mol. The maximum absolute atomic E-state index is 13.3. The van der Waals surface area contributed by atoms with E-state index in [9.17, 15) is 9.18 Å². The molecule has 1 aromatic rings. The van der Waals surface area contributed by atoms with Crippen LogP contribution in [-0.2, 0) is 11.3 Å². The van der Waals surface area contributed by atoms with E-state index in [-0.39, 0.29) is 18.3 Å². The van der Waals surface area contributed by atoms with Gasteiger partial charge in [0.1, 0.15) is 5.82 Å². The van der Waals surface area contributed by atoms with Gasteiger partial charge in [-0.2, -0.15) is 0 Å². The Morgan fingerprint density at radius 2 is 2.24 bits per heavy atom. The molecule has 0 radical (unpaired) electrons. The van der Waals surface area contributed by atoms with Crippen molar-refractivity contribution in [3.05, 3.63) is 34.1 Å². The first-order valence-electron chi connectivity index (χ1n) is 5.48. The van der Waals surface area contributed by atoms with Gasteiger partial charge in [-0.15, -0.1) is 0 Å². The van der Waals surface area contributed by atoms with Gasteiger partial charge in [-0.3, -0.25) is 4.79 Å². The monoisotopic (exact) mass is 302 g/mol. The van der Waals surface area contributed by atoms with Crippen LogP contribution in [0.1, 0.15) is 18.4 Å². The third-order valence-corrected chi connectivity index (χ3v) is 2.81. The summed E-state index contributed by atoms with van der Waals surface area (Å²) in [5.41, 5.74) is 0.487. The molecule has 0 unspecified atom stereocenters. The van der Waals surface area contributed by atoms with Gasteiger partial charge in [-0.05, 0) is 38.2 Å². The summed E-state index contributed by atoms with van der Waals surface area (Å²) in [5, 5.41) is 5.67. The molecular formula is C12H16BrFN2O. The number of benzene rings is 1. The number of hydrogen-bond donors (Lipinski definition) is 2. The maximum atomic E-state index is 13.3. The molecule has 1 amide bonds. The van der Waals surface area contributed by atoms with Crippen LogP contribution in [0.2, 0.25) is 0 Å². The summed E-state index contributed by atoms with van der Waals surface area (Å²) in [4.78, 5) is 11.4. The van der Waals surface area contributed by atoms with Crippen molar-refractivity contribution in [2.75, 3.05) is 13.6 Å². The molecule has 1 rings (SSSR count). The molecule has 5 heteroatoms. The van der Waals surface area contributed by atoms with Crippen molar-refractivity contribution in [2.45, 2.75) is 19.4 Å². The minimum Gasteiger partial charge on any atom is -0.352 e. The zero-order valence-corrected chi connectivity index (χ0v) is 11.3. The molecule has 0 saturated heterocycles. The fraction of sp³-hybridized carbons (Fsp3) is 0.417. The maximum Gasteiger partial charge on any atom is 0.220 e. The summed E-state index contributed by atoms with van der Waals surface area (Å²) in [6, 6.07) is 4.68. The largest absolute Gasteiger partial charge is 0.352 e. The van der Waals surface area contributed by atoms with Crippen molar-refractivity contribution in [1.82, 2.24) is 10.6 Å². The molecule has 0 aliphatic heterocycles. The topological polar surface area (TPSA) is 41.1 Å². The molecule has 3 nitrogen and oxygen atoms in total. The van der Waals surface area contributed by atoms with E-state index in [4.69, 9.17) is 0 Å². The fourth-order valence-electron chi connectivity index (χ4n) is 1.39. The SMILES string of the molecule is CNCCCC(=O)NCc1cc(Br)ccc1F. The van der Waals surface area contributed by atoms with E-state index in [1.165, 1.54) is 6.07 Å². The third kappa shape index (κ3) is 5.28. The molecule has 0 bridgehead atoms. The van der Waals surface area contributed by atoms with Crippen LogP contribution in [0.4, 0.5) is 4.39 Å². The molecule has 0 heterocycles. The quantitative estimate of drug-likeness (QED) is 0.791. The summed E-state index contributed by atoms with van der Waals surface area (Å²) in [5.74, 6) is -0.358. The van der Waals surface area contributed by atoms with Gasteiger partial charge < -0.3 is 10.6 Å². The van der Waals surface area contributed by atoms with Crippen LogP contribution in [0.15, 0.2) is 22.7 Å². The fourth-order valence-corrected chi connectivity index (χ4v) is 1.80. The van der Waals surface area contributed by atoms with E-state index in [0.717, 1.165) is 17.4 Å². The van der Waals surface area contributed by atoms with Crippen molar-refractivity contribution in [1.29, 1.82) is 0 Å². The highest BCUT2D eigenvalue weighted by atomic mass is 79.9. The number of carbonyl (C=O) groups is 1. The van der Waals surface area contributed by atoms with E-state index in [2.05, 4.69) is 26.6 Å². The summed E-state index contributed by atoms with van der Waals surface area (Å²) in [6.07, 6.45) is 1.24. The van der Waals surface area contributed by atoms with Gasteiger partial charge in [0, 0.05) is 23.0 Å². The first kappa shape index (κ1) is 14.1. The summed E-state index contributed by atoms with van der Waals surface area (Å²) in [7, 11) is 1.84. The van der Waals surface area contributed by atoms with Crippen molar-refractivity contribution in [3.8, 4) is 0 Å². The number of carbonyl (C=O) groups excluding carboxylic acids is 1. The highest BCUT2D eigenvalue weighted by molar-refractivity contribution is 9.10. The first-order valence-corrected chi connectivity index (χ1v) is 6.28. The van der Waals surface area contributed by atoms with Crippen LogP contribution in [-0.4, -0.2) is 19.5 Å². The van der Waals surface area contributed by atoms with E-state index < -0.39 is 0 Å². The van der Waals surface area contributed by atoms with Crippen molar-refractivity contribution >= 4 is 21.8 Å². The summed E-state index contributed by atoms with van der Waals surface area (Å²) >= 11 is 3.27. The zero-order chi connectivity index (χ0) is 12.7. The molecule has 1 aromatic carbocycles. The Balaban J connectivity index is 2.39. The van der Waals surface area contributed by atoms with E-state index in [0.29, 0.717) is 12.0 Å². The summed E-state index contributed by atoms with van der Waals surface area (Å²) < 4.78 is 14.1. The second-order valence-corrected chi connectivity index (χ2v) is 4.64. The number of nitrogens with one attached hydrogen (secondary N) is 2. The van der Waals surface area contributed by atoms with Gasteiger partial charge >= 0.3 is 0 Å². The van der Waals surface area contributed by atoms with Crippen molar-refractivity contribution in [2.24, 2.45) is 0 Å². The molecule has 0 atom stereocenters. The zero-order valence-electron chi connectivity index (χ0n) is 9.72. The van der Waals surface area contributed by atoms with Crippen molar-refractivity contribution < 1.29 is 9.18 Å². The standard InChI is InChI=1S/C12H16BrFN2O/c1-15-6-2-3-12(17)16-8-9-7-10(13)4-5-11(9)14/h4-5,7,15H,2-3,6,8H2,1H3,(H,16,17). The Morgan fingerprint density at radius 1 is 1.47 bits per heavy atom. The van der Waals surface area contributed by atoms with Crippen LogP contribution in [0.25, 0.3) is 0 Å². The predicted octanol–water partition coefficient (Wildman–Crippen LogP) is 2.20. The third-order valence-electron chi connectivity index (χ3n) is 2.31. The Kier molecular flexibility index (Phi) is 6.15. The molecular weight excluding hydrogens is 287 g/mol. The lowest BCUT2D eigenvalue weighted by atomic mass is 10.2. The Hall–Kier alpha value is -0.940. The number of amides is 1. The molecule has 0 saturated carbocycles. The van der Waals surface area contributed by atoms with Gasteiger partial charge in [0.05, 0.1) is 0 Å². The van der Waals surface area contributed by atoms with E-state index >= 15 is 0 Å². The average Bonchev–Trinajstić information content (AvgIpc) is 2.31. The van der Waals surface area contributed by atoms with Crippen molar-refractivity contribution in [3.63, 3.8) is 0 Å². The van der Waals surface area contributed by atoms with Gasteiger partial charge in [0.15, 0.2) is 0 Å². The molecule has 0 aliphatic rings. The lowest BCUT2D eigenvalue weighted by Gasteiger charge is -2.06. The minimum absolute atomic E-state index is 0.0559. The molecule has 17 heavy (non-hydrogen) atoms. The van der Waals surface area contributed by atoms with Crippen LogP contribution in [0.3, 0.4) is 0 Å². The van der Waals surface area contributed by atoms with Crippen LogP contribution >= 0.6 is 15.9 Å². The normalized spacial score (nSPS) is 10.3. The smallest absolute Gasteiger partial charge is 0.220 e. The van der Waals surface area contributed by atoms with Crippen LogP contribution in [0, 0.1) is 5.82 Å². The number of rotatable bonds is 6. The molecule has 0 fully saturated rings. The van der Waals surface area contributed by atoms with Gasteiger partial charge in [0.2, 0.25) is 5.91 Å². The van der Waals surface area contributed by atoms with E-state index in [1.807, 2.05) is 7.05 Å². The Labute approximate surface area is 109 Å². The van der Waals surface area contributed by atoms with Gasteiger partial charge in [0.25, 0.3) is 0 Å². The number of hydrogen-bond acceptors (Lipinski definition) is 2. The minimum atomic E-state index is -0.302. The number of halogens is 2. The Morgan fingerprint density at radius 3 is 2.94 bits per heavy atom. The first-order chi connectivity index (χ1) is 8.13. The van der Waals surface area contributed by atoms with Crippen LogP contribution < -0.4 is 10.6 Å². The van der Waals surface area contributed by atoms with E-state index in [1.54, 1.807) is 12.1 Å². The highest BCUT2D eigenvalue weighted by Crippen LogP contribution is 2.15. The lowest BCUT2D eigenvalue weighted by molar-refractivity contribution is -0.121. The molecule has 0 aromatic heterocycles.